The van der Waals surface area contributed by atoms with Gasteiger partial charge in [0.15, 0.2) is 0 Å². The number of piperazine rings is 1. The van der Waals surface area contributed by atoms with Crippen molar-refractivity contribution in [3.8, 4) is 0 Å². The van der Waals surface area contributed by atoms with E-state index in [4.69, 9.17) is 0 Å². The quantitative estimate of drug-likeness (QED) is 0.496. The van der Waals surface area contributed by atoms with E-state index in [1.807, 2.05) is 0 Å². The molecule has 0 spiro atoms. The van der Waals surface area contributed by atoms with E-state index >= 15 is 0 Å². The van der Waals surface area contributed by atoms with Gasteiger partial charge in [-0.25, -0.2) is 0 Å². The fourth-order valence-corrected chi connectivity index (χ4v) is 0.553. The Labute approximate surface area is 55.9 Å². The van der Waals surface area contributed by atoms with Crippen LogP contribution in [-0.4, -0.2) is 26.2 Å². The average molecular weight is 136 g/mol. The standard InChI is InChI=1S/C4H9N2.V/c1-2-6-4-3-5-1;/h5H,1-4H2;/q-1;. The summed E-state index contributed by atoms with van der Waals surface area (Å²) >= 11 is 0. The van der Waals surface area contributed by atoms with E-state index in [0.29, 0.717) is 0 Å². The molecule has 1 aliphatic rings. The van der Waals surface area contributed by atoms with Crippen molar-refractivity contribution >= 4 is 0 Å². The van der Waals surface area contributed by atoms with E-state index in [1.165, 1.54) is 0 Å². The van der Waals surface area contributed by atoms with E-state index in [9.17, 15) is 0 Å². The number of hydrogen-bond acceptors (Lipinski definition) is 1. The van der Waals surface area contributed by atoms with Gasteiger partial charge in [-0.05, 0) is 13.1 Å². The zero-order valence-corrected chi connectivity index (χ0v) is 5.62. The molecule has 1 heterocycles. The maximum atomic E-state index is 4.11. The topological polar surface area (TPSA) is 26.1 Å². The molecule has 0 aromatic rings. The zero-order valence-electron chi connectivity index (χ0n) is 4.22. The summed E-state index contributed by atoms with van der Waals surface area (Å²) in [6.07, 6.45) is 0. The minimum atomic E-state index is 0. The van der Waals surface area contributed by atoms with Crippen LogP contribution in [0.5, 0.6) is 0 Å². The van der Waals surface area contributed by atoms with Gasteiger partial charge >= 0.3 is 0 Å². The van der Waals surface area contributed by atoms with Crippen LogP contribution in [0.2, 0.25) is 0 Å². The minimum absolute atomic E-state index is 0. The Hall–Kier alpha value is 0.504. The van der Waals surface area contributed by atoms with Crippen LogP contribution in [0.15, 0.2) is 0 Å². The fourth-order valence-electron chi connectivity index (χ4n) is 0.553. The molecule has 0 aliphatic carbocycles. The molecule has 1 saturated heterocycles. The Bertz CT molecular complexity index is 25.2. The summed E-state index contributed by atoms with van der Waals surface area (Å²) < 4.78 is 0. The molecule has 1 fully saturated rings. The van der Waals surface area contributed by atoms with Gasteiger partial charge in [0.25, 0.3) is 0 Å². The normalized spacial score (nSPS) is 20.6. The van der Waals surface area contributed by atoms with Gasteiger partial charge in [-0.15, -0.1) is 13.1 Å². The van der Waals surface area contributed by atoms with Crippen LogP contribution in [0.1, 0.15) is 0 Å². The first kappa shape index (κ1) is 7.50. The van der Waals surface area contributed by atoms with Gasteiger partial charge in [0.1, 0.15) is 0 Å². The maximum absolute atomic E-state index is 4.11. The summed E-state index contributed by atoms with van der Waals surface area (Å²) in [5.74, 6) is 0. The molecule has 1 aliphatic heterocycles. The van der Waals surface area contributed by atoms with E-state index < -0.39 is 0 Å². The molecule has 0 aromatic heterocycles. The second-order valence-corrected chi connectivity index (χ2v) is 1.42. The molecule has 0 aromatic carbocycles. The maximum Gasteiger partial charge on any atom is 0 e. The zero-order chi connectivity index (χ0) is 4.24. The molecule has 1 radical (unpaired) electrons. The minimum Gasteiger partial charge on any atom is -0.660 e. The van der Waals surface area contributed by atoms with Crippen LogP contribution in [0.3, 0.4) is 0 Å². The van der Waals surface area contributed by atoms with Gasteiger partial charge in [0.2, 0.25) is 0 Å². The molecule has 1 N–H and O–H groups in total. The summed E-state index contributed by atoms with van der Waals surface area (Å²) in [7, 11) is 0. The summed E-state index contributed by atoms with van der Waals surface area (Å²) in [6, 6.07) is 0. The molecular weight excluding hydrogens is 127 g/mol. The van der Waals surface area contributed by atoms with Crippen LogP contribution in [0, 0.1) is 0 Å². The summed E-state index contributed by atoms with van der Waals surface area (Å²) in [5.41, 5.74) is 0. The van der Waals surface area contributed by atoms with Crippen molar-refractivity contribution in [3.63, 3.8) is 0 Å². The van der Waals surface area contributed by atoms with Crippen molar-refractivity contribution < 1.29 is 18.6 Å². The van der Waals surface area contributed by atoms with Crippen molar-refractivity contribution in [1.82, 2.24) is 5.32 Å². The predicted octanol–water partition coefficient (Wildman–Crippen LogP) is -0.0392. The van der Waals surface area contributed by atoms with Gasteiger partial charge in [0.05, 0.1) is 0 Å². The first-order valence-corrected chi connectivity index (χ1v) is 2.34. The number of nitrogens with one attached hydrogen (secondary N) is 1. The predicted molar refractivity (Wildman–Crippen MR) is 26.0 cm³/mol. The molecule has 0 amide bonds. The fraction of sp³-hybridized carbons (Fsp3) is 1.00. The van der Waals surface area contributed by atoms with Crippen molar-refractivity contribution in [2.75, 3.05) is 26.2 Å². The summed E-state index contributed by atoms with van der Waals surface area (Å²) in [6.45, 7) is 4.19. The smallest absolute Gasteiger partial charge is 0 e. The van der Waals surface area contributed by atoms with Crippen LogP contribution < -0.4 is 5.32 Å². The molecular formula is C4H9N2V-. The molecule has 1 rings (SSSR count). The van der Waals surface area contributed by atoms with Crippen molar-refractivity contribution in [1.29, 1.82) is 0 Å². The van der Waals surface area contributed by atoms with Crippen LogP contribution in [0.4, 0.5) is 0 Å². The molecule has 0 unspecified atom stereocenters. The second kappa shape index (κ2) is 4.66. The van der Waals surface area contributed by atoms with Crippen LogP contribution in [-0.2, 0) is 18.6 Å². The van der Waals surface area contributed by atoms with E-state index in [1.54, 1.807) is 0 Å². The number of rotatable bonds is 0. The molecule has 2 nitrogen and oxygen atoms in total. The van der Waals surface area contributed by atoms with Gasteiger partial charge < -0.3 is 10.6 Å². The second-order valence-electron chi connectivity index (χ2n) is 1.42. The summed E-state index contributed by atoms with van der Waals surface area (Å²) in [5, 5.41) is 7.31. The number of nitrogens with zero attached hydrogens (tertiary/aromatic N) is 1. The first-order chi connectivity index (χ1) is 3.00. The first-order valence-electron chi connectivity index (χ1n) is 2.34. The molecule has 0 atom stereocenters. The molecule has 0 bridgehead atoms. The van der Waals surface area contributed by atoms with Crippen molar-refractivity contribution in [3.05, 3.63) is 5.32 Å². The third kappa shape index (κ3) is 3.12. The SMILES string of the molecule is C1CNCC[N-]1.[V]. The van der Waals surface area contributed by atoms with Crippen molar-refractivity contribution in [2.45, 2.75) is 0 Å². The molecule has 7 heavy (non-hydrogen) atoms. The van der Waals surface area contributed by atoms with Crippen LogP contribution >= 0.6 is 0 Å². The Kier molecular flexibility index (Phi) is 4.99. The van der Waals surface area contributed by atoms with Gasteiger partial charge in [-0.1, -0.05) is 0 Å². The molecule has 41 valence electrons. The Morgan fingerprint density at radius 3 is 1.86 bits per heavy atom. The van der Waals surface area contributed by atoms with Gasteiger partial charge in [-0.3, -0.25) is 0 Å². The summed E-state index contributed by atoms with van der Waals surface area (Å²) in [4.78, 5) is 0. The Morgan fingerprint density at radius 2 is 1.71 bits per heavy atom. The van der Waals surface area contributed by atoms with Gasteiger partial charge in [-0.2, -0.15) is 0 Å². The van der Waals surface area contributed by atoms with E-state index in [0.717, 1.165) is 26.2 Å². The largest absolute Gasteiger partial charge is 0.660 e. The molecule has 3 heteroatoms. The van der Waals surface area contributed by atoms with Crippen LogP contribution in [0.25, 0.3) is 5.32 Å². The van der Waals surface area contributed by atoms with E-state index in [2.05, 4.69) is 10.6 Å². The average Bonchev–Trinajstić information content (AvgIpc) is 1.72. The van der Waals surface area contributed by atoms with Gasteiger partial charge in [0, 0.05) is 18.6 Å². The monoisotopic (exact) mass is 136 g/mol. The molecule has 0 saturated carbocycles. The van der Waals surface area contributed by atoms with E-state index in [-0.39, 0.29) is 18.6 Å². The van der Waals surface area contributed by atoms with Crippen molar-refractivity contribution in [2.24, 2.45) is 0 Å². The Balaban J connectivity index is 0.000000360. The Morgan fingerprint density at radius 1 is 1.14 bits per heavy atom. The third-order valence-corrected chi connectivity index (χ3v) is 0.893. The third-order valence-electron chi connectivity index (χ3n) is 0.893. The number of hydrogen-bond donors (Lipinski definition) is 1.